The number of aromatic nitrogens is 1. The van der Waals surface area contributed by atoms with Crippen LogP contribution in [0.3, 0.4) is 0 Å². The van der Waals surface area contributed by atoms with Crippen LogP contribution in [0, 0.1) is 5.92 Å². The third-order valence-electron chi connectivity index (χ3n) is 7.26. The van der Waals surface area contributed by atoms with Crippen LogP contribution in [-0.2, 0) is 30.5 Å². The molecule has 1 aromatic rings. The summed E-state index contributed by atoms with van der Waals surface area (Å²) in [6.07, 6.45) is 11.8. The maximum Gasteiger partial charge on any atom is 0.329 e. The molecule has 0 spiro atoms. The van der Waals surface area contributed by atoms with Gasteiger partial charge in [0.2, 0.25) is 11.8 Å². The van der Waals surface area contributed by atoms with E-state index in [1.54, 1.807) is 13.0 Å². The van der Waals surface area contributed by atoms with Crippen LogP contribution in [0.25, 0.3) is 0 Å². The number of hydrogen-bond donors (Lipinski definition) is 2. The molecule has 0 saturated heterocycles. The molecule has 0 saturated carbocycles. The van der Waals surface area contributed by atoms with E-state index in [4.69, 9.17) is 4.74 Å². The third-order valence-corrected chi connectivity index (χ3v) is 10.4. The molecule has 1 unspecified atom stereocenters. The zero-order valence-electron chi connectivity index (χ0n) is 25.8. The Kier molecular flexibility index (Phi) is 14.7. The second-order valence-corrected chi connectivity index (χ2v) is 14.6. The summed E-state index contributed by atoms with van der Waals surface area (Å²) in [5, 5.41) is 9.30. The van der Waals surface area contributed by atoms with Gasteiger partial charge >= 0.3 is 5.97 Å². The quantitative estimate of drug-likeness (QED) is 0.156. The zero-order valence-corrected chi connectivity index (χ0v) is 28.3. The van der Waals surface area contributed by atoms with E-state index in [9.17, 15) is 19.2 Å². The topological polar surface area (TPSA) is 127 Å². The van der Waals surface area contributed by atoms with E-state index in [1.807, 2.05) is 25.3 Å². The number of hydrogen-bond acceptors (Lipinski definition) is 10. The molecule has 4 bridgehead atoms. The Labute approximate surface area is 268 Å². The first-order chi connectivity index (χ1) is 20.6. The van der Waals surface area contributed by atoms with Crippen LogP contribution in [0.2, 0.25) is 0 Å². The first-order valence-corrected chi connectivity index (χ1v) is 18.2. The Morgan fingerprint density at radius 2 is 1.98 bits per heavy atom. The first-order valence-electron chi connectivity index (χ1n) is 15.4. The molecule has 3 atom stereocenters. The van der Waals surface area contributed by atoms with Gasteiger partial charge in [-0.05, 0) is 44.6 Å². The van der Waals surface area contributed by atoms with Gasteiger partial charge < -0.3 is 15.4 Å². The highest BCUT2D eigenvalue weighted by atomic mass is 32.2. The van der Waals surface area contributed by atoms with E-state index in [-0.39, 0.29) is 35.8 Å². The van der Waals surface area contributed by atoms with Gasteiger partial charge in [0.05, 0.1) is 13.0 Å². The lowest BCUT2D eigenvalue weighted by Gasteiger charge is -2.27. The Hall–Kier alpha value is -2.18. The Bertz CT molecular complexity index is 1170. The molecule has 0 aromatic carbocycles. The van der Waals surface area contributed by atoms with Gasteiger partial charge in [0.15, 0.2) is 5.12 Å². The van der Waals surface area contributed by atoms with Crippen molar-refractivity contribution in [3.63, 3.8) is 0 Å². The minimum Gasteiger partial charge on any atom is -0.456 e. The fourth-order valence-corrected chi connectivity index (χ4v) is 7.36. The standard InChI is InChI=1S/C31H46N4O5S3/c1-5-6-7-8-12-15-26(37)41-16-13-10-9-11-14-22-17-24(36)32-18-25-33-23(19-42-25)28-35-31(4,20-43-28)30(39)34-27(21(2)3)29(38)40-22/h11,14,19,21-22,27H,5-10,12-13,15-18,20H2,1-4H3,(H,32,36)(H,34,39)/b14-11+/t22-,27?,31+/m1/s1. The first kappa shape index (κ1) is 35.3. The monoisotopic (exact) mass is 650 g/mol. The molecular weight excluding hydrogens is 605 g/mol. The molecule has 238 valence electrons. The van der Waals surface area contributed by atoms with E-state index < -0.39 is 23.7 Å². The summed E-state index contributed by atoms with van der Waals surface area (Å²) in [5.41, 5.74) is -0.340. The van der Waals surface area contributed by atoms with Crippen molar-refractivity contribution in [1.82, 2.24) is 15.6 Å². The number of aliphatic imine (C=N–C) groups is 1. The molecule has 3 rings (SSSR count). The summed E-state index contributed by atoms with van der Waals surface area (Å²) >= 11 is 4.29. The van der Waals surface area contributed by atoms with Gasteiger partial charge in [0, 0.05) is 23.3 Å². The molecule has 2 N–H and O–H groups in total. The van der Waals surface area contributed by atoms with Crippen LogP contribution in [0.5, 0.6) is 0 Å². The van der Waals surface area contributed by atoms with Crippen molar-refractivity contribution >= 4 is 62.8 Å². The fourth-order valence-electron chi connectivity index (χ4n) is 4.57. The molecular formula is C31H46N4O5S3. The van der Waals surface area contributed by atoms with Crippen LogP contribution in [-0.4, -0.2) is 62.1 Å². The number of ether oxygens (including phenoxy) is 1. The van der Waals surface area contributed by atoms with Crippen LogP contribution in [0.1, 0.15) is 103 Å². The number of allylic oxidation sites excluding steroid dienone is 1. The van der Waals surface area contributed by atoms with Gasteiger partial charge in [-0.25, -0.2) is 9.78 Å². The number of unbranched alkanes of at least 4 members (excludes halogenated alkanes) is 6. The number of nitrogens with one attached hydrogen (secondary N) is 2. The molecule has 0 aliphatic carbocycles. The van der Waals surface area contributed by atoms with E-state index in [0.29, 0.717) is 22.9 Å². The molecule has 0 radical (unpaired) electrons. The second-order valence-electron chi connectivity index (χ2n) is 11.6. The normalized spacial score (nSPS) is 23.3. The number of fused-ring (bicyclic) bond motifs is 4. The molecule has 0 fully saturated rings. The van der Waals surface area contributed by atoms with Crippen molar-refractivity contribution in [1.29, 1.82) is 0 Å². The van der Waals surface area contributed by atoms with Crippen LogP contribution < -0.4 is 10.6 Å². The number of thiazole rings is 1. The summed E-state index contributed by atoms with van der Waals surface area (Å²) in [7, 11) is 0. The molecule has 2 amide bonds. The Morgan fingerprint density at radius 3 is 2.74 bits per heavy atom. The Balaban J connectivity index is 1.58. The average molecular weight is 651 g/mol. The van der Waals surface area contributed by atoms with Gasteiger partial charge in [-0.15, -0.1) is 23.1 Å². The van der Waals surface area contributed by atoms with Gasteiger partial charge in [-0.1, -0.05) is 64.3 Å². The minimum absolute atomic E-state index is 0.0396. The summed E-state index contributed by atoms with van der Waals surface area (Å²) in [6, 6.07) is -0.882. The van der Waals surface area contributed by atoms with Crippen molar-refractivity contribution in [2.24, 2.45) is 10.9 Å². The highest BCUT2D eigenvalue weighted by Crippen LogP contribution is 2.32. The van der Waals surface area contributed by atoms with Crippen molar-refractivity contribution in [3.8, 4) is 0 Å². The van der Waals surface area contributed by atoms with Crippen molar-refractivity contribution in [2.45, 2.75) is 116 Å². The molecule has 9 nitrogen and oxygen atoms in total. The summed E-state index contributed by atoms with van der Waals surface area (Å²) < 4.78 is 5.80. The predicted molar refractivity (Wildman–Crippen MR) is 176 cm³/mol. The number of carbonyl (C=O) groups is 4. The minimum atomic E-state index is -1.03. The number of rotatable bonds is 13. The van der Waals surface area contributed by atoms with Crippen molar-refractivity contribution < 1.29 is 23.9 Å². The fraction of sp³-hybridized carbons (Fsp3) is 0.677. The van der Waals surface area contributed by atoms with Crippen LogP contribution >= 0.6 is 34.9 Å². The molecule has 2 aliphatic rings. The second kappa shape index (κ2) is 17.9. The highest BCUT2D eigenvalue weighted by molar-refractivity contribution is 8.14. The third kappa shape index (κ3) is 11.7. The lowest BCUT2D eigenvalue weighted by atomic mass is 10.0. The lowest BCUT2D eigenvalue weighted by Crippen LogP contribution is -2.53. The Morgan fingerprint density at radius 1 is 1.19 bits per heavy atom. The van der Waals surface area contributed by atoms with Gasteiger partial charge in [-0.3, -0.25) is 19.4 Å². The molecule has 3 heterocycles. The number of thioether (sulfide) groups is 2. The maximum atomic E-state index is 13.3. The molecule has 2 aliphatic heterocycles. The molecule has 43 heavy (non-hydrogen) atoms. The molecule has 12 heteroatoms. The van der Waals surface area contributed by atoms with E-state index in [1.165, 1.54) is 54.1 Å². The van der Waals surface area contributed by atoms with Gasteiger partial charge in [0.1, 0.15) is 33.4 Å². The van der Waals surface area contributed by atoms with Gasteiger partial charge in [0.25, 0.3) is 0 Å². The number of cyclic esters (lactones) is 1. The lowest BCUT2D eigenvalue weighted by molar-refractivity contribution is -0.153. The average Bonchev–Trinajstić information content (AvgIpc) is 3.60. The van der Waals surface area contributed by atoms with E-state index in [0.717, 1.165) is 42.9 Å². The largest absolute Gasteiger partial charge is 0.456 e. The van der Waals surface area contributed by atoms with E-state index >= 15 is 0 Å². The SMILES string of the molecule is CCCCCCCC(=O)SCCCC/C=C/[C@@H]1CC(=O)NCc2nc(cs2)C2=N[C@@](C)(CS2)C(=O)NC(C(C)C)C(=O)O1. The smallest absolute Gasteiger partial charge is 0.329 e. The zero-order chi connectivity index (χ0) is 31.2. The maximum absolute atomic E-state index is 13.3. The predicted octanol–water partition coefficient (Wildman–Crippen LogP) is 5.81. The van der Waals surface area contributed by atoms with Crippen molar-refractivity contribution in [3.05, 3.63) is 28.2 Å². The number of amides is 2. The van der Waals surface area contributed by atoms with Crippen molar-refractivity contribution in [2.75, 3.05) is 11.5 Å². The summed E-state index contributed by atoms with van der Waals surface area (Å²) in [6.45, 7) is 7.89. The molecule has 1 aromatic heterocycles. The highest BCUT2D eigenvalue weighted by Gasteiger charge is 2.41. The van der Waals surface area contributed by atoms with E-state index in [2.05, 4.69) is 27.5 Å². The number of nitrogens with zero attached hydrogens (tertiary/aromatic N) is 2. The summed E-state index contributed by atoms with van der Waals surface area (Å²) in [5.74, 6) is -0.183. The van der Waals surface area contributed by atoms with Crippen LogP contribution in [0.4, 0.5) is 0 Å². The van der Waals surface area contributed by atoms with Crippen LogP contribution in [0.15, 0.2) is 22.5 Å². The summed E-state index contributed by atoms with van der Waals surface area (Å²) in [4.78, 5) is 60.8. The van der Waals surface area contributed by atoms with Gasteiger partial charge in [-0.2, -0.15) is 0 Å². The number of carbonyl (C=O) groups excluding carboxylic acids is 4. The number of esters is 1.